The molecule has 0 spiro atoms. The number of unbranched alkanes of at least 4 members (excludes halogenated alkanes) is 1. The number of carbonyl (C=O) groups is 1. The van der Waals surface area contributed by atoms with Crippen molar-refractivity contribution in [3.8, 4) is 0 Å². The second-order valence-electron chi connectivity index (χ2n) is 5.46. The van der Waals surface area contributed by atoms with E-state index in [-0.39, 0.29) is 5.76 Å². The predicted molar refractivity (Wildman–Crippen MR) is 86.4 cm³/mol. The lowest BCUT2D eigenvalue weighted by molar-refractivity contribution is -0.137. The number of halogens is 5. The fourth-order valence-corrected chi connectivity index (χ4v) is 2.62. The van der Waals surface area contributed by atoms with Gasteiger partial charge in [0, 0.05) is 0 Å². The molecule has 1 amide bonds. The molecule has 1 aromatic carbocycles. The number of alkyl halides is 5. The van der Waals surface area contributed by atoms with Crippen LogP contribution in [0.25, 0.3) is 6.08 Å². The molecule has 0 bridgehead atoms. The van der Waals surface area contributed by atoms with Crippen LogP contribution in [0.4, 0.5) is 13.2 Å². The van der Waals surface area contributed by atoms with Crippen molar-refractivity contribution in [3.63, 3.8) is 0 Å². The third kappa shape index (κ3) is 4.57. The molecule has 1 unspecified atom stereocenters. The summed E-state index contributed by atoms with van der Waals surface area (Å²) in [7, 11) is 0. The van der Waals surface area contributed by atoms with Crippen molar-refractivity contribution in [3.05, 3.63) is 41.2 Å². The number of amides is 1. The Hall–Kier alpha value is -1.40. The minimum atomic E-state index is -4.41. The minimum absolute atomic E-state index is 0.0399. The van der Waals surface area contributed by atoms with Crippen molar-refractivity contribution < 1.29 is 22.7 Å². The van der Waals surface area contributed by atoms with Gasteiger partial charge in [0.15, 0.2) is 10.1 Å². The van der Waals surface area contributed by atoms with Crippen molar-refractivity contribution >= 4 is 35.2 Å². The number of hydrogen-bond acceptors (Lipinski definition) is 2. The topological polar surface area (TPSA) is 38.3 Å². The molecule has 1 aliphatic heterocycles. The highest BCUT2D eigenvalue weighted by atomic mass is 35.5. The van der Waals surface area contributed by atoms with E-state index in [2.05, 4.69) is 5.32 Å². The van der Waals surface area contributed by atoms with Crippen molar-refractivity contribution in [1.29, 1.82) is 0 Å². The third-order valence-corrected chi connectivity index (χ3v) is 4.29. The Bertz CT molecular complexity index is 627. The van der Waals surface area contributed by atoms with Crippen LogP contribution < -0.4 is 5.32 Å². The van der Waals surface area contributed by atoms with Crippen LogP contribution in [0.1, 0.15) is 37.3 Å². The zero-order chi connectivity index (χ0) is 18.0. The van der Waals surface area contributed by atoms with Crippen LogP contribution >= 0.6 is 23.2 Å². The van der Waals surface area contributed by atoms with E-state index in [0.717, 1.165) is 25.0 Å². The van der Waals surface area contributed by atoms with E-state index in [1.54, 1.807) is 0 Å². The molecule has 1 atom stereocenters. The Morgan fingerprint density at radius 2 is 1.88 bits per heavy atom. The van der Waals surface area contributed by atoms with Crippen LogP contribution in [0.2, 0.25) is 0 Å². The van der Waals surface area contributed by atoms with E-state index in [0.29, 0.717) is 12.0 Å². The molecule has 0 aliphatic carbocycles. The van der Waals surface area contributed by atoms with Crippen molar-refractivity contribution in [2.24, 2.45) is 0 Å². The van der Waals surface area contributed by atoms with E-state index < -0.39 is 28.2 Å². The van der Waals surface area contributed by atoms with E-state index in [4.69, 9.17) is 27.9 Å². The van der Waals surface area contributed by atoms with Gasteiger partial charge < -0.3 is 10.1 Å². The monoisotopic (exact) mass is 381 g/mol. The molecule has 2 rings (SSSR count). The molecule has 1 aromatic rings. The maximum Gasteiger partial charge on any atom is 0.416 e. The molecule has 1 N–H and O–H groups in total. The summed E-state index contributed by atoms with van der Waals surface area (Å²) in [4.78, 5) is 11.9. The SMILES string of the molecule is CCCCC(Cl)(Cl)C1NC(=O)C(=Cc2ccc(C(F)(F)F)cc2)O1. The summed E-state index contributed by atoms with van der Waals surface area (Å²) in [6.07, 6.45) is -1.88. The van der Waals surface area contributed by atoms with E-state index in [1.165, 1.54) is 18.2 Å². The van der Waals surface area contributed by atoms with Crippen LogP contribution in [0.3, 0.4) is 0 Å². The molecule has 0 aromatic heterocycles. The highest BCUT2D eigenvalue weighted by molar-refractivity contribution is 6.49. The summed E-state index contributed by atoms with van der Waals surface area (Å²) in [5.74, 6) is -0.552. The molecule has 0 saturated carbocycles. The van der Waals surface area contributed by atoms with Crippen molar-refractivity contribution in [1.82, 2.24) is 5.32 Å². The summed E-state index contributed by atoms with van der Waals surface area (Å²) < 4.78 is 41.8. The number of ether oxygens (including phenoxy) is 1. The number of rotatable bonds is 5. The first kappa shape index (κ1) is 18.9. The number of carbonyl (C=O) groups excluding carboxylic acids is 1. The lowest BCUT2D eigenvalue weighted by Gasteiger charge is -2.24. The molecule has 8 heteroatoms. The zero-order valence-corrected chi connectivity index (χ0v) is 14.3. The first-order valence-corrected chi connectivity index (χ1v) is 8.13. The highest BCUT2D eigenvalue weighted by Crippen LogP contribution is 2.36. The average molecular weight is 382 g/mol. The Labute approximate surface area is 147 Å². The number of benzene rings is 1. The number of nitrogens with one attached hydrogen (secondary N) is 1. The maximum atomic E-state index is 12.5. The second kappa shape index (κ2) is 7.23. The lowest BCUT2D eigenvalue weighted by Crippen LogP contribution is -2.41. The van der Waals surface area contributed by atoms with Gasteiger partial charge in [0.25, 0.3) is 5.91 Å². The minimum Gasteiger partial charge on any atom is -0.462 e. The van der Waals surface area contributed by atoms with Crippen molar-refractivity contribution in [2.45, 2.75) is 42.9 Å². The summed E-state index contributed by atoms with van der Waals surface area (Å²) in [6, 6.07) is 4.38. The molecule has 1 aliphatic rings. The second-order valence-corrected chi connectivity index (χ2v) is 7.01. The molecular formula is C16H16Cl2F3NO2. The van der Waals surface area contributed by atoms with Gasteiger partial charge in [-0.25, -0.2) is 0 Å². The Morgan fingerprint density at radius 1 is 1.25 bits per heavy atom. The van der Waals surface area contributed by atoms with Crippen LogP contribution in [-0.4, -0.2) is 16.5 Å². The first-order valence-electron chi connectivity index (χ1n) is 7.38. The molecule has 3 nitrogen and oxygen atoms in total. The molecule has 1 heterocycles. The largest absolute Gasteiger partial charge is 0.462 e. The Morgan fingerprint density at radius 3 is 2.42 bits per heavy atom. The van der Waals surface area contributed by atoms with Gasteiger partial charge >= 0.3 is 6.18 Å². The maximum absolute atomic E-state index is 12.5. The summed E-state index contributed by atoms with van der Waals surface area (Å²) in [6.45, 7) is 1.98. The van der Waals surface area contributed by atoms with E-state index in [1.807, 2.05) is 6.92 Å². The van der Waals surface area contributed by atoms with Crippen LogP contribution in [-0.2, 0) is 15.7 Å². The third-order valence-electron chi connectivity index (χ3n) is 3.51. The Kier molecular flexibility index (Phi) is 5.71. The predicted octanol–water partition coefficient (Wildman–Crippen LogP) is 4.88. The molecule has 132 valence electrons. The van der Waals surface area contributed by atoms with Gasteiger partial charge in [-0.2, -0.15) is 13.2 Å². The molecule has 24 heavy (non-hydrogen) atoms. The van der Waals surface area contributed by atoms with Gasteiger partial charge in [-0.15, -0.1) is 0 Å². The fourth-order valence-electron chi connectivity index (χ4n) is 2.15. The van der Waals surface area contributed by atoms with Gasteiger partial charge in [0.05, 0.1) is 5.56 Å². The van der Waals surface area contributed by atoms with Gasteiger partial charge in [-0.3, -0.25) is 4.79 Å². The zero-order valence-electron chi connectivity index (χ0n) is 12.8. The van der Waals surface area contributed by atoms with Crippen LogP contribution in [0.15, 0.2) is 30.0 Å². The molecule has 1 fully saturated rings. The standard InChI is InChI=1S/C16H16Cl2F3NO2/c1-2-3-8-15(17,18)14-22-13(23)12(24-14)9-10-4-6-11(7-5-10)16(19,20)21/h4-7,9,14H,2-3,8H2,1H3,(H,22,23). The van der Waals surface area contributed by atoms with Crippen LogP contribution in [0.5, 0.6) is 0 Å². The average Bonchev–Trinajstić information content (AvgIpc) is 2.87. The lowest BCUT2D eigenvalue weighted by atomic mass is 10.1. The highest BCUT2D eigenvalue weighted by Gasteiger charge is 2.43. The summed E-state index contributed by atoms with van der Waals surface area (Å²) in [5, 5.41) is 2.54. The van der Waals surface area contributed by atoms with E-state index >= 15 is 0 Å². The smallest absolute Gasteiger partial charge is 0.416 e. The van der Waals surface area contributed by atoms with Gasteiger partial charge in [0.2, 0.25) is 6.23 Å². The normalized spacial score (nSPS) is 20.2. The fraction of sp³-hybridized carbons (Fsp3) is 0.438. The van der Waals surface area contributed by atoms with Gasteiger partial charge in [-0.1, -0.05) is 55.1 Å². The Balaban J connectivity index is 2.12. The summed E-state index contributed by atoms with van der Waals surface area (Å²) >= 11 is 12.4. The summed E-state index contributed by atoms with van der Waals surface area (Å²) in [5.41, 5.74) is -0.364. The molecule has 1 saturated heterocycles. The molecule has 0 radical (unpaired) electrons. The van der Waals surface area contributed by atoms with Crippen molar-refractivity contribution in [2.75, 3.05) is 0 Å². The number of hydrogen-bond donors (Lipinski definition) is 1. The van der Waals surface area contributed by atoms with Gasteiger partial charge in [-0.05, 0) is 30.2 Å². The molecular weight excluding hydrogens is 366 g/mol. The first-order chi connectivity index (χ1) is 11.1. The quantitative estimate of drug-likeness (QED) is 0.582. The van der Waals surface area contributed by atoms with Gasteiger partial charge in [0.1, 0.15) is 0 Å². The van der Waals surface area contributed by atoms with Crippen LogP contribution in [0, 0.1) is 0 Å². The van der Waals surface area contributed by atoms with E-state index in [9.17, 15) is 18.0 Å².